The highest BCUT2D eigenvalue weighted by Crippen LogP contribution is 2.34. The van der Waals surface area contributed by atoms with E-state index in [-0.39, 0.29) is 6.10 Å². The summed E-state index contributed by atoms with van der Waals surface area (Å²) >= 11 is 0. The Labute approximate surface area is 81.9 Å². The molecule has 0 fully saturated rings. The van der Waals surface area contributed by atoms with E-state index < -0.39 is 0 Å². The van der Waals surface area contributed by atoms with Crippen LogP contribution in [-0.2, 0) is 0 Å². The van der Waals surface area contributed by atoms with Gasteiger partial charge in [0.1, 0.15) is 0 Å². The van der Waals surface area contributed by atoms with Crippen molar-refractivity contribution in [2.75, 3.05) is 0 Å². The van der Waals surface area contributed by atoms with E-state index in [9.17, 15) is 5.11 Å². The predicted octanol–water partition coefficient (Wildman–Crippen LogP) is 3.00. The fraction of sp³-hybridized carbons (Fsp3) is 0.833. The molecule has 0 aromatic rings. The molecule has 76 valence electrons. The molecule has 1 aliphatic rings. The Morgan fingerprint density at radius 1 is 1.23 bits per heavy atom. The van der Waals surface area contributed by atoms with E-state index in [1.54, 1.807) is 0 Å². The maximum absolute atomic E-state index is 9.55. The predicted molar refractivity (Wildman–Crippen MR) is 56.5 cm³/mol. The van der Waals surface area contributed by atoms with E-state index >= 15 is 0 Å². The highest BCUT2D eigenvalue weighted by molar-refractivity contribution is 5.15. The van der Waals surface area contributed by atoms with Crippen LogP contribution in [0.15, 0.2) is 11.6 Å². The van der Waals surface area contributed by atoms with Crippen LogP contribution in [0.4, 0.5) is 0 Å². The highest BCUT2D eigenvalue weighted by Gasteiger charge is 2.25. The first-order valence-corrected chi connectivity index (χ1v) is 5.42. The van der Waals surface area contributed by atoms with Crippen molar-refractivity contribution in [3.8, 4) is 0 Å². The van der Waals surface area contributed by atoms with Crippen molar-refractivity contribution in [2.24, 2.45) is 17.8 Å². The van der Waals surface area contributed by atoms with E-state index in [4.69, 9.17) is 0 Å². The molecule has 0 spiro atoms. The average Bonchev–Trinajstić information content (AvgIpc) is 2.03. The Hall–Kier alpha value is -0.300. The quantitative estimate of drug-likeness (QED) is 0.651. The summed E-state index contributed by atoms with van der Waals surface area (Å²) in [7, 11) is 0. The second-order valence-electron chi connectivity index (χ2n) is 4.82. The van der Waals surface area contributed by atoms with E-state index in [1.807, 2.05) is 0 Å². The molecule has 1 N–H and O–H groups in total. The third-order valence-electron chi connectivity index (χ3n) is 3.06. The normalized spacial score (nSPS) is 29.6. The zero-order chi connectivity index (χ0) is 10.0. The molecule has 2 unspecified atom stereocenters. The molecule has 0 bridgehead atoms. The second-order valence-corrected chi connectivity index (χ2v) is 4.82. The summed E-state index contributed by atoms with van der Waals surface area (Å²) in [6.07, 6.45) is 3.99. The van der Waals surface area contributed by atoms with Gasteiger partial charge in [0.05, 0.1) is 6.10 Å². The number of aliphatic hydroxyl groups excluding tert-OH is 1. The minimum absolute atomic E-state index is 0.188. The summed E-state index contributed by atoms with van der Waals surface area (Å²) < 4.78 is 0. The van der Waals surface area contributed by atoms with Crippen LogP contribution in [0.3, 0.4) is 0 Å². The van der Waals surface area contributed by atoms with Gasteiger partial charge in [0.25, 0.3) is 0 Å². The maximum atomic E-state index is 9.55. The molecule has 1 nitrogen and oxygen atoms in total. The Balaban J connectivity index is 2.80. The van der Waals surface area contributed by atoms with Crippen LogP contribution in [0.2, 0.25) is 0 Å². The van der Waals surface area contributed by atoms with E-state index in [2.05, 4.69) is 33.8 Å². The molecule has 0 saturated carbocycles. The van der Waals surface area contributed by atoms with Crippen LogP contribution in [0.25, 0.3) is 0 Å². The third kappa shape index (κ3) is 2.57. The monoisotopic (exact) mass is 182 g/mol. The number of hydrogen-bond donors (Lipinski definition) is 1. The van der Waals surface area contributed by atoms with Gasteiger partial charge in [0, 0.05) is 0 Å². The Kier molecular flexibility index (Phi) is 3.55. The first-order chi connectivity index (χ1) is 6.02. The van der Waals surface area contributed by atoms with E-state index in [0.29, 0.717) is 17.8 Å². The smallest absolute Gasteiger partial charge is 0.0723 e. The summed E-state index contributed by atoms with van der Waals surface area (Å²) in [6, 6.07) is 0. The number of hydrogen-bond acceptors (Lipinski definition) is 1. The molecular formula is C12H22O. The molecule has 0 saturated heterocycles. The molecule has 0 heterocycles. The second kappa shape index (κ2) is 4.28. The lowest BCUT2D eigenvalue weighted by Crippen LogP contribution is -2.23. The molecule has 0 aliphatic heterocycles. The Morgan fingerprint density at radius 3 is 2.31 bits per heavy atom. The summed E-state index contributed by atoms with van der Waals surface area (Å²) in [4.78, 5) is 0. The van der Waals surface area contributed by atoms with Gasteiger partial charge in [-0.1, -0.05) is 39.3 Å². The fourth-order valence-corrected chi connectivity index (χ4v) is 2.28. The highest BCUT2D eigenvalue weighted by atomic mass is 16.3. The minimum Gasteiger partial charge on any atom is -0.389 e. The molecule has 0 aromatic carbocycles. The number of rotatable bonds is 2. The van der Waals surface area contributed by atoms with Gasteiger partial charge in [0.2, 0.25) is 0 Å². The summed E-state index contributed by atoms with van der Waals surface area (Å²) in [5, 5.41) is 9.55. The largest absolute Gasteiger partial charge is 0.389 e. The van der Waals surface area contributed by atoms with Gasteiger partial charge < -0.3 is 5.11 Å². The number of aliphatic hydroxyl groups is 1. The summed E-state index contributed by atoms with van der Waals surface area (Å²) in [6.45, 7) is 9.00. The maximum Gasteiger partial charge on any atom is 0.0723 e. The first kappa shape index (κ1) is 10.8. The van der Waals surface area contributed by atoms with Gasteiger partial charge in [-0.3, -0.25) is 0 Å². The van der Waals surface area contributed by atoms with Crippen LogP contribution in [0.1, 0.15) is 40.5 Å². The third-order valence-corrected chi connectivity index (χ3v) is 3.06. The zero-order valence-electron chi connectivity index (χ0n) is 9.25. The van der Waals surface area contributed by atoms with Crippen molar-refractivity contribution in [1.29, 1.82) is 0 Å². The molecular weight excluding hydrogens is 160 g/mol. The topological polar surface area (TPSA) is 20.2 Å². The number of allylic oxidation sites excluding steroid dienone is 1. The van der Waals surface area contributed by atoms with Crippen molar-refractivity contribution in [3.63, 3.8) is 0 Å². The van der Waals surface area contributed by atoms with Gasteiger partial charge in [-0.15, -0.1) is 0 Å². The lowest BCUT2D eigenvalue weighted by Gasteiger charge is -2.32. The van der Waals surface area contributed by atoms with Gasteiger partial charge in [-0.05, 0) is 30.6 Å². The van der Waals surface area contributed by atoms with Crippen molar-refractivity contribution >= 4 is 0 Å². The van der Waals surface area contributed by atoms with Gasteiger partial charge >= 0.3 is 0 Å². The molecule has 13 heavy (non-hydrogen) atoms. The van der Waals surface area contributed by atoms with Crippen molar-refractivity contribution in [2.45, 2.75) is 46.6 Å². The molecule has 1 rings (SSSR count). The standard InChI is InChI=1S/C12H22O/c1-8(2)11-6-5-10(13)7-12(11)9(3)4/h7-11,13H,5-6H2,1-4H3. The van der Waals surface area contributed by atoms with Crippen molar-refractivity contribution in [1.82, 2.24) is 0 Å². The summed E-state index contributed by atoms with van der Waals surface area (Å²) in [5.41, 5.74) is 1.47. The first-order valence-electron chi connectivity index (χ1n) is 5.42. The molecule has 0 amide bonds. The molecule has 1 heteroatoms. The van der Waals surface area contributed by atoms with Crippen LogP contribution in [0, 0.1) is 17.8 Å². The lowest BCUT2D eigenvalue weighted by atomic mass is 9.75. The zero-order valence-corrected chi connectivity index (χ0v) is 9.25. The minimum atomic E-state index is -0.188. The molecule has 1 aliphatic carbocycles. The van der Waals surface area contributed by atoms with Crippen LogP contribution in [0.5, 0.6) is 0 Å². The van der Waals surface area contributed by atoms with Crippen molar-refractivity contribution < 1.29 is 5.11 Å². The van der Waals surface area contributed by atoms with E-state index in [0.717, 1.165) is 12.8 Å². The Morgan fingerprint density at radius 2 is 1.85 bits per heavy atom. The molecule has 0 aromatic heterocycles. The van der Waals surface area contributed by atoms with E-state index in [1.165, 1.54) is 5.57 Å². The van der Waals surface area contributed by atoms with Gasteiger partial charge in [0.15, 0.2) is 0 Å². The van der Waals surface area contributed by atoms with Gasteiger partial charge in [-0.2, -0.15) is 0 Å². The fourth-order valence-electron chi connectivity index (χ4n) is 2.28. The van der Waals surface area contributed by atoms with Crippen LogP contribution < -0.4 is 0 Å². The summed E-state index contributed by atoms with van der Waals surface area (Å²) in [5.74, 6) is 1.99. The van der Waals surface area contributed by atoms with Crippen LogP contribution in [-0.4, -0.2) is 11.2 Å². The molecule has 2 atom stereocenters. The molecule has 0 radical (unpaired) electrons. The Bertz CT molecular complexity index is 191. The van der Waals surface area contributed by atoms with Crippen molar-refractivity contribution in [3.05, 3.63) is 11.6 Å². The average molecular weight is 182 g/mol. The van der Waals surface area contributed by atoms with Gasteiger partial charge in [-0.25, -0.2) is 0 Å². The SMILES string of the molecule is CC(C)C1=CC(O)CCC1C(C)C. The van der Waals surface area contributed by atoms with Crippen LogP contribution >= 0.6 is 0 Å². The lowest BCUT2D eigenvalue weighted by molar-refractivity contribution is 0.178.